The molecule has 1 heterocycles. The normalized spacial score (nSPS) is 10.5. The molecule has 0 radical (unpaired) electrons. The zero-order chi connectivity index (χ0) is 17.6. The van der Waals surface area contributed by atoms with Gasteiger partial charge in [0.2, 0.25) is 5.91 Å². The van der Waals surface area contributed by atoms with Gasteiger partial charge in [-0.05, 0) is 42.0 Å². The van der Waals surface area contributed by atoms with Crippen molar-refractivity contribution in [3.8, 4) is 11.3 Å². The van der Waals surface area contributed by atoms with Gasteiger partial charge in [0, 0.05) is 5.56 Å². The zero-order valence-electron chi connectivity index (χ0n) is 13.2. The smallest absolute Gasteiger partial charge is 0.224 e. The molecule has 25 heavy (non-hydrogen) atoms. The number of benzene rings is 2. The molecule has 1 N–H and O–H groups in total. The van der Waals surface area contributed by atoms with Crippen LogP contribution in [0.4, 0.5) is 8.78 Å². The maximum Gasteiger partial charge on any atom is 0.224 e. The molecule has 0 bridgehead atoms. The molecule has 0 unspecified atom stereocenters. The Morgan fingerprint density at radius 2 is 1.76 bits per heavy atom. The summed E-state index contributed by atoms with van der Waals surface area (Å²) >= 11 is 0. The lowest BCUT2D eigenvalue weighted by Crippen LogP contribution is -2.25. The van der Waals surface area contributed by atoms with Gasteiger partial charge in [0.05, 0.1) is 24.4 Å². The highest BCUT2D eigenvalue weighted by Gasteiger charge is 2.08. The Hall–Kier alpha value is -3.15. The number of rotatable bonds is 5. The Balaban J connectivity index is 1.63. The first-order chi connectivity index (χ1) is 12.1. The van der Waals surface area contributed by atoms with Crippen LogP contribution in [0.2, 0.25) is 0 Å². The highest BCUT2D eigenvalue weighted by atomic mass is 19.1. The summed E-state index contributed by atoms with van der Waals surface area (Å²) < 4.78 is 26.5. The summed E-state index contributed by atoms with van der Waals surface area (Å²) in [6.07, 6.45) is 1.35. The van der Waals surface area contributed by atoms with E-state index in [9.17, 15) is 13.6 Å². The number of hydrogen-bond donors (Lipinski definition) is 1. The third-order valence-electron chi connectivity index (χ3n) is 3.64. The number of halogens is 2. The SMILES string of the molecule is O=C(Cc1ccccc1F)NCc1cc(-c2ccc(F)cc2)ncn1. The summed E-state index contributed by atoms with van der Waals surface area (Å²) in [7, 11) is 0. The van der Waals surface area contributed by atoms with Crippen LogP contribution in [-0.4, -0.2) is 15.9 Å². The van der Waals surface area contributed by atoms with E-state index in [0.717, 1.165) is 5.56 Å². The number of aromatic nitrogens is 2. The van der Waals surface area contributed by atoms with Crippen LogP contribution in [0.25, 0.3) is 11.3 Å². The quantitative estimate of drug-likeness (QED) is 0.776. The van der Waals surface area contributed by atoms with E-state index in [0.29, 0.717) is 17.0 Å². The summed E-state index contributed by atoms with van der Waals surface area (Å²) in [6, 6.07) is 13.8. The summed E-state index contributed by atoms with van der Waals surface area (Å²) in [4.78, 5) is 20.2. The molecule has 0 aliphatic heterocycles. The van der Waals surface area contributed by atoms with E-state index in [2.05, 4.69) is 15.3 Å². The molecule has 4 nitrogen and oxygen atoms in total. The van der Waals surface area contributed by atoms with E-state index < -0.39 is 5.82 Å². The molecule has 0 aliphatic carbocycles. The van der Waals surface area contributed by atoms with Crippen molar-refractivity contribution in [3.05, 3.63) is 83.8 Å². The van der Waals surface area contributed by atoms with Gasteiger partial charge in [-0.1, -0.05) is 18.2 Å². The standard InChI is InChI=1S/C19H15F2N3O/c20-15-7-5-13(6-8-15)18-10-16(23-12-24-18)11-22-19(25)9-14-3-1-2-4-17(14)21/h1-8,10,12H,9,11H2,(H,22,25). The van der Waals surface area contributed by atoms with Crippen molar-refractivity contribution in [1.29, 1.82) is 0 Å². The number of nitrogens with zero attached hydrogens (tertiary/aromatic N) is 2. The number of hydrogen-bond acceptors (Lipinski definition) is 3. The number of nitrogens with one attached hydrogen (secondary N) is 1. The van der Waals surface area contributed by atoms with Gasteiger partial charge in [-0.3, -0.25) is 4.79 Å². The van der Waals surface area contributed by atoms with Gasteiger partial charge in [0.1, 0.15) is 18.0 Å². The molecule has 6 heteroatoms. The predicted octanol–water partition coefficient (Wildman–Crippen LogP) is 3.28. The van der Waals surface area contributed by atoms with E-state index in [1.54, 1.807) is 36.4 Å². The molecule has 126 valence electrons. The van der Waals surface area contributed by atoms with Crippen molar-refractivity contribution in [1.82, 2.24) is 15.3 Å². The lowest BCUT2D eigenvalue weighted by molar-refractivity contribution is -0.120. The molecule has 0 saturated carbocycles. The molecular formula is C19H15F2N3O. The maximum absolute atomic E-state index is 13.6. The van der Waals surface area contributed by atoms with E-state index in [1.807, 2.05) is 0 Å². The van der Waals surface area contributed by atoms with Gasteiger partial charge < -0.3 is 5.32 Å². The molecular weight excluding hydrogens is 324 g/mol. The summed E-state index contributed by atoms with van der Waals surface area (Å²) in [5.74, 6) is -1.02. The van der Waals surface area contributed by atoms with Gasteiger partial charge >= 0.3 is 0 Å². The van der Waals surface area contributed by atoms with Gasteiger partial charge in [0.25, 0.3) is 0 Å². The van der Waals surface area contributed by atoms with Crippen molar-refractivity contribution in [2.45, 2.75) is 13.0 Å². The number of carbonyl (C=O) groups is 1. The molecule has 0 atom stereocenters. The number of amides is 1. The van der Waals surface area contributed by atoms with E-state index in [1.165, 1.54) is 24.5 Å². The van der Waals surface area contributed by atoms with Crippen LogP contribution in [0.1, 0.15) is 11.3 Å². The van der Waals surface area contributed by atoms with Crippen LogP contribution in [0, 0.1) is 11.6 Å². The van der Waals surface area contributed by atoms with Crippen molar-refractivity contribution < 1.29 is 13.6 Å². The molecule has 2 aromatic carbocycles. The molecule has 1 amide bonds. The summed E-state index contributed by atoms with van der Waals surface area (Å²) in [5.41, 5.74) is 2.34. The van der Waals surface area contributed by atoms with Crippen LogP contribution in [-0.2, 0) is 17.8 Å². The van der Waals surface area contributed by atoms with Crippen molar-refractivity contribution in [3.63, 3.8) is 0 Å². The lowest BCUT2D eigenvalue weighted by Gasteiger charge is -2.07. The van der Waals surface area contributed by atoms with E-state index in [-0.39, 0.29) is 24.7 Å². The van der Waals surface area contributed by atoms with E-state index >= 15 is 0 Å². The first-order valence-electron chi connectivity index (χ1n) is 7.69. The monoisotopic (exact) mass is 339 g/mol. The Morgan fingerprint density at radius 1 is 1.00 bits per heavy atom. The Labute approximate surface area is 143 Å². The lowest BCUT2D eigenvalue weighted by atomic mass is 10.1. The second-order valence-corrected chi connectivity index (χ2v) is 5.45. The summed E-state index contributed by atoms with van der Waals surface area (Å²) in [5, 5.41) is 2.71. The highest BCUT2D eigenvalue weighted by molar-refractivity contribution is 5.78. The van der Waals surface area contributed by atoms with Gasteiger partial charge in [-0.15, -0.1) is 0 Å². The minimum Gasteiger partial charge on any atom is -0.350 e. The molecule has 3 rings (SSSR count). The van der Waals surface area contributed by atoms with Crippen LogP contribution in [0.5, 0.6) is 0 Å². The molecule has 0 saturated heterocycles. The second kappa shape index (κ2) is 7.61. The largest absolute Gasteiger partial charge is 0.350 e. The third kappa shape index (κ3) is 4.44. The van der Waals surface area contributed by atoms with Crippen molar-refractivity contribution >= 4 is 5.91 Å². The summed E-state index contributed by atoms with van der Waals surface area (Å²) in [6.45, 7) is 0.198. The van der Waals surface area contributed by atoms with Gasteiger partial charge in [-0.25, -0.2) is 18.7 Å². The first-order valence-corrected chi connectivity index (χ1v) is 7.69. The molecule has 1 aromatic heterocycles. The second-order valence-electron chi connectivity index (χ2n) is 5.45. The average molecular weight is 339 g/mol. The van der Waals surface area contributed by atoms with Crippen LogP contribution < -0.4 is 5.32 Å². The van der Waals surface area contributed by atoms with Crippen LogP contribution >= 0.6 is 0 Å². The van der Waals surface area contributed by atoms with Crippen molar-refractivity contribution in [2.75, 3.05) is 0 Å². The van der Waals surface area contributed by atoms with E-state index in [4.69, 9.17) is 0 Å². The highest BCUT2D eigenvalue weighted by Crippen LogP contribution is 2.17. The zero-order valence-corrected chi connectivity index (χ0v) is 13.2. The van der Waals surface area contributed by atoms with Crippen LogP contribution in [0.15, 0.2) is 60.9 Å². The topological polar surface area (TPSA) is 54.9 Å². The van der Waals surface area contributed by atoms with Gasteiger partial charge in [-0.2, -0.15) is 0 Å². The maximum atomic E-state index is 13.6. The molecule has 0 fully saturated rings. The minimum atomic E-state index is -0.404. The third-order valence-corrected chi connectivity index (χ3v) is 3.64. The fourth-order valence-corrected chi connectivity index (χ4v) is 2.34. The Bertz CT molecular complexity index is 882. The predicted molar refractivity (Wildman–Crippen MR) is 89.4 cm³/mol. The van der Waals surface area contributed by atoms with Crippen LogP contribution in [0.3, 0.4) is 0 Å². The van der Waals surface area contributed by atoms with Crippen molar-refractivity contribution in [2.24, 2.45) is 0 Å². The Kier molecular flexibility index (Phi) is 5.09. The number of carbonyl (C=O) groups excluding carboxylic acids is 1. The molecule has 0 aliphatic rings. The first kappa shape index (κ1) is 16.7. The fraction of sp³-hybridized carbons (Fsp3) is 0.105. The average Bonchev–Trinajstić information content (AvgIpc) is 2.63. The fourth-order valence-electron chi connectivity index (χ4n) is 2.34. The Morgan fingerprint density at radius 3 is 2.52 bits per heavy atom. The molecule has 3 aromatic rings. The molecule has 0 spiro atoms. The minimum absolute atomic E-state index is 0.0391. The van der Waals surface area contributed by atoms with Gasteiger partial charge in [0.15, 0.2) is 0 Å².